The summed E-state index contributed by atoms with van der Waals surface area (Å²) in [6, 6.07) is 7.58. The number of hydrogen-bond donors (Lipinski definition) is 3. The van der Waals surface area contributed by atoms with Crippen LogP contribution >= 0.6 is 0 Å². The van der Waals surface area contributed by atoms with Crippen LogP contribution in [0, 0.1) is 24.2 Å². The number of benzene rings is 1. The maximum Gasteiger partial charge on any atom is 0.228 e. The van der Waals surface area contributed by atoms with Crippen molar-refractivity contribution in [3.8, 4) is 11.8 Å². The minimum atomic E-state index is -0.510. The molecule has 8 heteroatoms. The van der Waals surface area contributed by atoms with E-state index in [9.17, 15) is 4.79 Å². The summed E-state index contributed by atoms with van der Waals surface area (Å²) in [5.74, 6) is 0.509. The molecule has 8 nitrogen and oxygen atoms in total. The van der Waals surface area contributed by atoms with E-state index in [1.807, 2.05) is 38.1 Å². The highest BCUT2D eigenvalue weighted by Gasteiger charge is 2.33. The molecular formula is C17H20N6O2. The summed E-state index contributed by atoms with van der Waals surface area (Å²) in [5, 5.41) is 18.8. The maximum absolute atomic E-state index is 12.2. The molecule has 130 valence electrons. The molecule has 1 aliphatic rings. The number of aromatic nitrogens is 2. The molecular weight excluding hydrogens is 320 g/mol. The standard InChI is InChI=1S/C17H20N6O2/c1-9-11-5-4-6-13(25-3)14(11)21-16(19-9)23-17-20-10(2)12(7-8-18)15(24)22-17/h4-6,10,12,17,20H,7H2,1-3H3,(H,22,24)(H,19,21,23). The molecule has 1 fully saturated rings. The third kappa shape index (κ3) is 3.32. The number of nitrogens with zero attached hydrogens (tertiary/aromatic N) is 3. The average molecular weight is 340 g/mol. The van der Waals surface area contributed by atoms with Gasteiger partial charge in [0.25, 0.3) is 0 Å². The van der Waals surface area contributed by atoms with E-state index in [1.165, 1.54) is 0 Å². The van der Waals surface area contributed by atoms with Gasteiger partial charge in [0.05, 0.1) is 24.8 Å². The minimum absolute atomic E-state index is 0.137. The Kier molecular flexibility index (Phi) is 4.67. The van der Waals surface area contributed by atoms with Crippen molar-refractivity contribution in [2.75, 3.05) is 12.4 Å². The van der Waals surface area contributed by atoms with Crippen LogP contribution < -0.4 is 20.7 Å². The van der Waals surface area contributed by atoms with Crippen molar-refractivity contribution in [3.63, 3.8) is 0 Å². The Bertz CT molecular complexity index is 847. The second-order valence-electron chi connectivity index (χ2n) is 6.00. The van der Waals surface area contributed by atoms with Gasteiger partial charge in [0.15, 0.2) is 6.29 Å². The van der Waals surface area contributed by atoms with Crippen LogP contribution in [0.15, 0.2) is 18.2 Å². The molecule has 3 unspecified atom stereocenters. The lowest BCUT2D eigenvalue weighted by molar-refractivity contribution is -0.128. The number of fused-ring (bicyclic) bond motifs is 1. The number of methoxy groups -OCH3 is 1. The lowest BCUT2D eigenvalue weighted by Gasteiger charge is -2.35. The highest BCUT2D eigenvalue weighted by atomic mass is 16.5. The van der Waals surface area contributed by atoms with Gasteiger partial charge >= 0.3 is 0 Å². The van der Waals surface area contributed by atoms with Crippen LogP contribution in [0.2, 0.25) is 0 Å². The van der Waals surface area contributed by atoms with E-state index >= 15 is 0 Å². The fraction of sp³-hybridized carbons (Fsp3) is 0.412. The van der Waals surface area contributed by atoms with Crippen LogP contribution in [-0.2, 0) is 4.79 Å². The van der Waals surface area contributed by atoms with Gasteiger partial charge in [0, 0.05) is 17.8 Å². The summed E-state index contributed by atoms with van der Waals surface area (Å²) in [4.78, 5) is 21.1. The zero-order chi connectivity index (χ0) is 18.0. The number of anilines is 1. The molecule has 25 heavy (non-hydrogen) atoms. The summed E-state index contributed by atoms with van der Waals surface area (Å²) in [6.45, 7) is 3.78. The van der Waals surface area contributed by atoms with Gasteiger partial charge in [-0.3, -0.25) is 10.1 Å². The van der Waals surface area contributed by atoms with E-state index in [4.69, 9.17) is 10.00 Å². The number of nitriles is 1. The summed E-state index contributed by atoms with van der Waals surface area (Å²) in [7, 11) is 1.60. The van der Waals surface area contributed by atoms with Crippen LogP contribution in [0.3, 0.4) is 0 Å². The third-order valence-corrected chi connectivity index (χ3v) is 4.34. The SMILES string of the molecule is COc1cccc2c(C)nc(NC3NC(=O)C(CC#N)C(C)N3)nc12. The van der Waals surface area contributed by atoms with Crippen molar-refractivity contribution in [2.45, 2.75) is 32.6 Å². The number of ether oxygens (including phenoxy) is 1. The second-order valence-corrected chi connectivity index (χ2v) is 6.00. The van der Waals surface area contributed by atoms with E-state index in [2.05, 4.69) is 25.9 Å². The number of carbonyl (C=O) groups excluding carboxylic acids is 1. The number of para-hydroxylation sites is 1. The molecule has 0 saturated carbocycles. The molecule has 3 rings (SSSR count). The largest absolute Gasteiger partial charge is 0.494 e. The number of nitrogens with one attached hydrogen (secondary N) is 3. The molecule has 2 heterocycles. The van der Waals surface area contributed by atoms with Gasteiger partial charge < -0.3 is 15.4 Å². The van der Waals surface area contributed by atoms with Gasteiger partial charge in [-0.1, -0.05) is 12.1 Å². The molecule has 1 aliphatic heterocycles. The van der Waals surface area contributed by atoms with Crippen LogP contribution in [-0.4, -0.2) is 35.3 Å². The molecule has 0 bridgehead atoms. The Morgan fingerprint density at radius 1 is 1.40 bits per heavy atom. The zero-order valence-corrected chi connectivity index (χ0v) is 14.3. The monoisotopic (exact) mass is 340 g/mol. The lowest BCUT2D eigenvalue weighted by Crippen LogP contribution is -2.63. The molecule has 1 aromatic heterocycles. The first-order chi connectivity index (χ1) is 12.0. The van der Waals surface area contributed by atoms with Gasteiger partial charge in [-0.25, -0.2) is 9.97 Å². The summed E-state index contributed by atoms with van der Waals surface area (Å²) >= 11 is 0. The molecule has 1 saturated heterocycles. The van der Waals surface area contributed by atoms with Gasteiger partial charge in [-0.15, -0.1) is 0 Å². The Labute approximate surface area is 145 Å². The minimum Gasteiger partial charge on any atom is -0.494 e. The van der Waals surface area contributed by atoms with E-state index in [1.54, 1.807) is 7.11 Å². The Balaban J connectivity index is 1.84. The quantitative estimate of drug-likeness (QED) is 0.768. The van der Waals surface area contributed by atoms with E-state index in [-0.39, 0.29) is 24.3 Å². The predicted molar refractivity (Wildman–Crippen MR) is 92.7 cm³/mol. The number of carbonyl (C=O) groups is 1. The van der Waals surface area contributed by atoms with Crippen LogP contribution in [0.25, 0.3) is 10.9 Å². The summed E-state index contributed by atoms with van der Waals surface area (Å²) in [6.07, 6.45) is -0.334. The molecule has 2 aromatic rings. The first kappa shape index (κ1) is 16.9. The van der Waals surface area contributed by atoms with Crippen molar-refractivity contribution < 1.29 is 9.53 Å². The predicted octanol–water partition coefficient (Wildman–Crippen LogP) is 1.28. The zero-order valence-electron chi connectivity index (χ0n) is 14.3. The maximum atomic E-state index is 12.2. The number of hydrogen-bond acceptors (Lipinski definition) is 7. The van der Waals surface area contributed by atoms with E-state index < -0.39 is 6.29 Å². The number of aryl methyl sites for hydroxylation is 1. The number of amides is 1. The molecule has 3 N–H and O–H groups in total. The Morgan fingerprint density at radius 2 is 2.20 bits per heavy atom. The Morgan fingerprint density at radius 3 is 2.88 bits per heavy atom. The van der Waals surface area contributed by atoms with Crippen molar-refractivity contribution in [3.05, 3.63) is 23.9 Å². The molecule has 1 amide bonds. The third-order valence-electron chi connectivity index (χ3n) is 4.34. The molecule has 0 aliphatic carbocycles. The average Bonchev–Trinajstić information content (AvgIpc) is 2.58. The first-order valence-corrected chi connectivity index (χ1v) is 8.04. The van der Waals surface area contributed by atoms with Crippen molar-refractivity contribution >= 4 is 22.8 Å². The van der Waals surface area contributed by atoms with Gasteiger partial charge in [-0.2, -0.15) is 5.26 Å². The van der Waals surface area contributed by atoms with Gasteiger partial charge in [0.1, 0.15) is 11.3 Å². The lowest BCUT2D eigenvalue weighted by atomic mass is 9.95. The molecule has 1 aromatic carbocycles. The fourth-order valence-electron chi connectivity index (χ4n) is 2.98. The van der Waals surface area contributed by atoms with Gasteiger partial charge in [0.2, 0.25) is 11.9 Å². The number of rotatable bonds is 4. The van der Waals surface area contributed by atoms with Crippen molar-refractivity contribution in [1.82, 2.24) is 20.6 Å². The summed E-state index contributed by atoms with van der Waals surface area (Å²) in [5.41, 5.74) is 1.52. The highest BCUT2D eigenvalue weighted by molar-refractivity contribution is 5.87. The van der Waals surface area contributed by atoms with Crippen LogP contribution in [0.5, 0.6) is 5.75 Å². The van der Waals surface area contributed by atoms with Crippen LogP contribution in [0.1, 0.15) is 19.0 Å². The fourth-order valence-corrected chi connectivity index (χ4v) is 2.98. The Hall–Kier alpha value is -2.92. The van der Waals surface area contributed by atoms with Gasteiger partial charge in [-0.05, 0) is 19.9 Å². The van der Waals surface area contributed by atoms with Crippen LogP contribution in [0.4, 0.5) is 5.95 Å². The summed E-state index contributed by atoms with van der Waals surface area (Å²) < 4.78 is 5.37. The van der Waals surface area contributed by atoms with E-state index in [0.717, 1.165) is 11.1 Å². The highest BCUT2D eigenvalue weighted by Crippen LogP contribution is 2.26. The topological polar surface area (TPSA) is 112 Å². The van der Waals surface area contributed by atoms with E-state index in [0.29, 0.717) is 17.2 Å². The molecule has 0 radical (unpaired) electrons. The molecule has 0 spiro atoms. The second kappa shape index (κ2) is 6.91. The van der Waals surface area contributed by atoms with Crippen molar-refractivity contribution in [1.29, 1.82) is 5.26 Å². The normalized spacial score (nSPS) is 23.0. The molecule has 3 atom stereocenters. The first-order valence-electron chi connectivity index (χ1n) is 8.04. The van der Waals surface area contributed by atoms with Crippen molar-refractivity contribution in [2.24, 2.45) is 5.92 Å². The smallest absolute Gasteiger partial charge is 0.228 e.